The van der Waals surface area contributed by atoms with E-state index in [1.54, 1.807) is 11.6 Å². The Morgan fingerprint density at radius 1 is 1.25 bits per heavy atom. The molecule has 1 amide bonds. The van der Waals surface area contributed by atoms with Crippen molar-refractivity contribution in [2.45, 2.75) is 11.4 Å². The maximum absolute atomic E-state index is 13.8. The lowest BCUT2D eigenvalue weighted by Crippen LogP contribution is -2.41. The average molecular weight is 516 g/mol. The largest absolute Gasteiger partial charge is 0.331 e. The Morgan fingerprint density at radius 3 is 2.59 bits per heavy atom. The molecule has 0 fully saturated rings. The maximum Gasteiger partial charge on any atom is 0.331 e. The fourth-order valence-corrected chi connectivity index (χ4v) is 4.88. The summed E-state index contributed by atoms with van der Waals surface area (Å²) in [5.74, 6) is -1.23. The lowest BCUT2D eigenvalue weighted by atomic mass is 10.1. The van der Waals surface area contributed by atoms with Crippen molar-refractivity contribution in [3.05, 3.63) is 59.8 Å². The monoisotopic (exact) mass is 515 g/mol. The first-order chi connectivity index (χ1) is 15.0. The predicted molar refractivity (Wildman–Crippen MR) is 126 cm³/mol. The number of benzene rings is 1. The third-order valence-electron chi connectivity index (χ3n) is 4.48. The molecule has 0 aliphatic rings. The Morgan fingerprint density at radius 2 is 1.94 bits per heavy atom. The number of nitrogens with zero attached hydrogens (tertiary/aromatic N) is 3. The number of nitrogens with one attached hydrogen (secondary N) is 2. The van der Waals surface area contributed by atoms with Gasteiger partial charge in [-0.1, -0.05) is 23.2 Å². The SMILES string of the molecule is CSc1c(C(=N)CC(=O)Nc2nc(-c3cc(F)c(Cl)cc3Cl)cs2)c(=O)n(C)c(=O)n1C. The molecule has 0 saturated carbocycles. The highest BCUT2D eigenvalue weighted by Gasteiger charge is 2.21. The van der Waals surface area contributed by atoms with Crippen LogP contribution in [-0.4, -0.2) is 32.0 Å². The molecular formula is C19H16Cl2FN5O3S2. The number of carbonyl (C=O) groups is 1. The zero-order chi connectivity index (χ0) is 23.7. The maximum atomic E-state index is 13.8. The fourth-order valence-electron chi connectivity index (χ4n) is 2.91. The lowest BCUT2D eigenvalue weighted by molar-refractivity contribution is -0.115. The summed E-state index contributed by atoms with van der Waals surface area (Å²) in [6, 6.07) is 2.42. The van der Waals surface area contributed by atoms with Crippen molar-refractivity contribution in [2.75, 3.05) is 11.6 Å². The number of hydrogen-bond acceptors (Lipinski definition) is 7. The Balaban J connectivity index is 1.81. The molecule has 2 N–H and O–H groups in total. The number of anilines is 1. The van der Waals surface area contributed by atoms with E-state index in [2.05, 4.69) is 10.3 Å². The summed E-state index contributed by atoms with van der Waals surface area (Å²) in [6.07, 6.45) is 1.26. The van der Waals surface area contributed by atoms with Crippen LogP contribution in [0.25, 0.3) is 11.3 Å². The molecule has 168 valence electrons. The van der Waals surface area contributed by atoms with Crippen LogP contribution < -0.4 is 16.6 Å². The van der Waals surface area contributed by atoms with Gasteiger partial charge in [0.1, 0.15) is 5.82 Å². The number of aromatic nitrogens is 3. The van der Waals surface area contributed by atoms with Crippen molar-refractivity contribution >= 4 is 63.1 Å². The topological polar surface area (TPSA) is 110 Å². The van der Waals surface area contributed by atoms with Crippen molar-refractivity contribution in [3.63, 3.8) is 0 Å². The minimum absolute atomic E-state index is 0.0134. The van der Waals surface area contributed by atoms with E-state index in [9.17, 15) is 18.8 Å². The highest BCUT2D eigenvalue weighted by Crippen LogP contribution is 2.34. The van der Waals surface area contributed by atoms with Gasteiger partial charge in [-0.05, 0) is 18.4 Å². The molecule has 0 spiro atoms. The van der Waals surface area contributed by atoms with Crippen molar-refractivity contribution in [2.24, 2.45) is 14.1 Å². The smallest absolute Gasteiger partial charge is 0.304 e. The van der Waals surface area contributed by atoms with E-state index in [0.29, 0.717) is 16.3 Å². The number of rotatable bonds is 6. The van der Waals surface area contributed by atoms with Gasteiger partial charge in [-0.15, -0.1) is 23.1 Å². The fraction of sp³-hybridized carbons (Fsp3) is 0.211. The van der Waals surface area contributed by atoms with Crippen LogP contribution in [0.4, 0.5) is 9.52 Å². The van der Waals surface area contributed by atoms with Crippen LogP contribution in [0.5, 0.6) is 0 Å². The summed E-state index contributed by atoms with van der Waals surface area (Å²) in [4.78, 5) is 41.4. The quantitative estimate of drug-likeness (QED) is 0.224. The zero-order valence-corrected chi connectivity index (χ0v) is 20.1. The van der Waals surface area contributed by atoms with E-state index in [1.807, 2.05) is 0 Å². The van der Waals surface area contributed by atoms with Gasteiger partial charge in [0.25, 0.3) is 5.56 Å². The predicted octanol–water partition coefficient (Wildman–Crippen LogP) is 3.77. The van der Waals surface area contributed by atoms with Gasteiger partial charge in [0.15, 0.2) is 5.13 Å². The molecule has 2 aromatic heterocycles. The summed E-state index contributed by atoms with van der Waals surface area (Å²) in [7, 11) is 2.81. The molecule has 3 aromatic rings. The van der Waals surface area contributed by atoms with Crippen LogP contribution in [0, 0.1) is 11.2 Å². The van der Waals surface area contributed by atoms with E-state index in [4.69, 9.17) is 28.6 Å². The first kappa shape index (κ1) is 24.2. The van der Waals surface area contributed by atoms with Crippen molar-refractivity contribution < 1.29 is 9.18 Å². The van der Waals surface area contributed by atoms with Crippen LogP contribution in [0.2, 0.25) is 10.0 Å². The molecule has 0 aliphatic heterocycles. The molecule has 13 heteroatoms. The summed E-state index contributed by atoms with van der Waals surface area (Å²) < 4.78 is 15.9. The molecule has 32 heavy (non-hydrogen) atoms. The van der Waals surface area contributed by atoms with E-state index in [-0.39, 0.29) is 26.5 Å². The van der Waals surface area contributed by atoms with E-state index < -0.39 is 29.4 Å². The van der Waals surface area contributed by atoms with Crippen LogP contribution in [0.3, 0.4) is 0 Å². The Hall–Kier alpha value is -2.47. The van der Waals surface area contributed by atoms with Gasteiger partial charge in [-0.2, -0.15) is 0 Å². The van der Waals surface area contributed by atoms with E-state index >= 15 is 0 Å². The second kappa shape index (κ2) is 9.57. The van der Waals surface area contributed by atoms with Gasteiger partial charge >= 0.3 is 5.69 Å². The third kappa shape index (κ3) is 4.65. The molecule has 0 radical (unpaired) electrons. The van der Waals surface area contributed by atoms with Gasteiger partial charge < -0.3 is 10.7 Å². The number of thiazole rings is 1. The van der Waals surface area contributed by atoms with Crippen LogP contribution in [-0.2, 0) is 18.9 Å². The van der Waals surface area contributed by atoms with Crippen LogP contribution in [0.1, 0.15) is 12.0 Å². The van der Waals surface area contributed by atoms with Gasteiger partial charge in [0.05, 0.1) is 38.5 Å². The Labute approximate surface area is 199 Å². The van der Waals surface area contributed by atoms with Gasteiger partial charge in [0.2, 0.25) is 5.91 Å². The molecule has 0 atom stereocenters. The highest BCUT2D eigenvalue weighted by atomic mass is 35.5. The normalized spacial score (nSPS) is 10.9. The molecular weight excluding hydrogens is 500 g/mol. The number of amides is 1. The average Bonchev–Trinajstić information content (AvgIpc) is 3.19. The van der Waals surface area contributed by atoms with Crippen molar-refractivity contribution in [1.29, 1.82) is 5.41 Å². The summed E-state index contributed by atoms with van der Waals surface area (Å²) in [5, 5.41) is 13.0. The molecule has 3 rings (SSSR count). The molecule has 1 aromatic carbocycles. The van der Waals surface area contributed by atoms with E-state index in [0.717, 1.165) is 33.7 Å². The first-order valence-electron chi connectivity index (χ1n) is 8.87. The van der Waals surface area contributed by atoms with Gasteiger partial charge in [-0.25, -0.2) is 14.2 Å². The van der Waals surface area contributed by atoms with Crippen LogP contribution in [0.15, 0.2) is 32.1 Å². The molecule has 2 heterocycles. The summed E-state index contributed by atoms with van der Waals surface area (Å²) in [6.45, 7) is 0. The minimum Gasteiger partial charge on any atom is -0.304 e. The number of hydrogen-bond donors (Lipinski definition) is 2. The molecule has 8 nitrogen and oxygen atoms in total. The summed E-state index contributed by atoms with van der Waals surface area (Å²) >= 11 is 14.0. The molecule has 0 aliphatic carbocycles. The second-order valence-electron chi connectivity index (χ2n) is 6.58. The van der Waals surface area contributed by atoms with Crippen molar-refractivity contribution in [1.82, 2.24) is 14.1 Å². The molecule has 0 unspecified atom stereocenters. The number of carbonyl (C=O) groups excluding carboxylic acids is 1. The van der Waals surface area contributed by atoms with Crippen molar-refractivity contribution in [3.8, 4) is 11.3 Å². The third-order valence-corrected chi connectivity index (χ3v) is 6.70. The number of halogens is 3. The molecule has 0 bridgehead atoms. The highest BCUT2D eigenvalue weighted by molar-refractivity contribution is 7.98. The Bertz CT molecular complexity index is 1370. The van der Waals surface area contributed by atoms with Gasteiger partial charge in [-0.3, -0.25) is 18.7 Å². The summed E-state index contributed by atoms with van der Waals surface area (Å²) in [5.41, 5.74) is -0.754. The minimum atomic E-state index is -0.651. The second-order valence-corrected chi connectivity index (χ2v) is 9.05. The van der Waals surface area contributed by atoms with Gasteiger partial charge in [0, 0.05) is 25.0 Å². The van der Waals surface area contributed by atoms with E-state index in [1.165, 1.54) is 24.7 Å². The van der Waals surface area contributed by atoms with Crippen LogP contribution >= 0.6 is 46.3 Å². The number of thioether (sulfide) groups is 1. The Kier molecular flexibility index (Phi) is 7.23. The molecule has 0 saturated heterocycles. The zero-order valence-electron chi connectivity index (χ0n) is 17.0. The first-order valence-corrected chi connectivity index (χ1v) is 11.7. The standard InChI is InChI=1S/C19H16Cl2FN5O3S2/c1-26-16(29)15(17(31-3)27(2)19(26)30)12(23)6-14(28)25-18-24-13(7-32-18)8-4-11(22)10(21)5-9(8)20/h4-5,7,23H,6H2,1-3H3,(H,24,25,28). The lowest BCUT2D eigenvalue weighted by Gasteiger charge is -2.13.